The third-order valence-electron chi connectivity index (χ3n) is 4.34. The van der Waals surface area contributed by atoms with E-state index in [0.717, 1.165) is 11.7 Å². The Hall–Kier alpha value is -1.03. The third-order valence-corrected chi connectivity index (χ3v) is 5.59. The summed E-state index contributed by atoms with van der Waals surface area (Å²) in [6, 6.07) is -0.510. The lowest BCUT2D eigenvalue weighted by molar-refractivity contribution is -0.165. The molecule has 2 aliphatic rings. The molecule has 1 fully saturated rings. The average Bonchev–Trinajstić information content (AvgIpc) is 3.01. The highest BCUT2D eigenvalue weighted by Gasteiger charge is 2.49. The average molecular weight is 361 g/mol. The summed E-state index contributed by atoms with van der Waals surface area (Å²) in [4.78, 5) is 19.9. The minimum atomic E-state index is -1.15. The lowest BCUT2D eigenvalue weighted by Gasteiger charge is -2.38. The summed E-state index contributed by atoms with van der Waals surface area (Å²) in [5.41, 5.74) is -0.385. The third kappa shape index (κ3) is 3.96. The van der Waals surface area contributed by atoms with E-state index in [1.807, 2.05) is 32.7 Å². The summed E-state index contributed by atoms with van der Waals surface area (Å²) in [6.45, 7) is 7.52. The Kier molecular flexibility index (Phi) is 6.73. The van der Waals surface area contributed by atoms with Crippen LogP contribution in [0.4, 0.5) is 4.79 Å². The van der Waals surface area contributed by atoms with E-state index in [2.05, 4.69) is 4.99 Å². The Bertz CT molecular complexity index is 474. The maximum absolute atomic E-state index is 11.9. The van der Waals surface area contributed by atoms with Crippen molar-refractivity contribution in [2.75, 3.05) is 33.3 Å². The molecule has 0 aromatic rings. The van der Waals surface area contributed by atoms with Crippen molar-refractivity contribution in [3.8, 4) is 0 Å². The zero-order chi connectivity index (χ0) is 17.9. The first-order chi connectivity index (χ1) is 11.4. The molecule has 2 N–H and O–H groups in total. The van der Waals surface area contributed by atoms with Crippen LogP contribution in [0.1, 0.15) is 20.8 Å². The van der Waals surface area contributed by atoms with Crippen molar-refractivity contribution in [2.24, 2.45) is 4.99 Å². The summed E-state index contributed by atoms with van der Waals surface area (Å²) in [6.07, 6.45) is -3.41. The lowest BCUT2D eigenvalue weighted by atomic mass is 9.99. The van der Waals surface area contributed by atoms with E-state index in [1.165, 1.54) is 16.7 Å². The quantitative estimate of drug-likeness (QED) is 0.729. The molecule has 2 rings (SSSR count). The summed E-state index contributed by atoms with van der Waals surface area (Å²) in [5.74, 6) is 0. The van der Waals surface area contributed by atoms with Gasteiger partial charge in [-0.25, -0.2) is 4.79 Å². The van der Waals surface area contributed by atoms with E-state index in [4.69, 9.17) is 9.47 Å². The molecule has 5 atom stereocenters. The van der Waals surface area contributed by atoms with Crippen molar-refractivity contribution in [1.29, 1.82) is 0 Å². The van der Waals surface area contributed by atoms with E-state index in [0.29, 0.717) is 13.1 Å². The molecule has 0 radical (unpaired) electrons. The van der Waals surface area contributed by atoms with Crippen LogP contribution in [0.15, 0.2) is 4.99 Å². The summed E-state index contributed by atoms with van der Waals surface area (Å²) in [5, 5.41) is 21.4. The fourth-order valence-corrected chi connectivity index (χ4v) is 3.86. The minimum absolute atomic E-state index is 0.101. The van der Waals surface area contributed by atoms with Crippen LogP contribution in [-0.2, 0) is 9.47 Å². The van der Waals surface area contributed by atoms with E-state index >= 15 is 0 Å². The summed E-state index contributed by atoms with van der Waals surface area (Å²) >= 11 is 1.42. The number of thioether (sulfide) groups is 1. The van der Waals surface area contributed by atoms with Crippen molar-refractivity contribution in [3.63, 3.8) is 0 Å². The number of ether oxygens (including phenoxy) is 2. The molecule has 0 bridgehead atoms. The number of hydrogen-bond acceptors (Lipinski definition) is 8. The van der Waals surface area contributed by atoms with Crippen LogP contribution in [0, 0.1) is 0 Å². The van der Waals surface area contributed by atoms with Gasteiger partial charge in [0.2, 0.25) is 0 Å². The molecule has 1 amide bonds. The molecule has 0 unspecified atom stereocenters. The van der Waals surface area contributed by atoms with Crippen molar-refractivity contribution in [3.05, 3.63) is 0 Å². The molecular formula is C15H27N3O5S. The first kappa shape index (κ1) is 19.3. The SMILES string of the molecule is CCN(C)C1=N[C@@H]2[C@@H](O)[C@H](O)[C@@H](COC(=O)N(CC)CC)O[C@@H]2S1. The highest BCUT2D eigenvalue weighted by Crippen LogP contribution is 2.37. The van der Waals surface area contributed by atoms with Crippen molar-refractivity contribution in [2.45, 2.75) is 50.6 Å². The van der Waals surface area contributed by atoms with Gasteiger partial charge in [-0.2, -0.15) is 0 Å². The van der Waals surface area contributed by atoms with Gasteiger partial charge < -0.3 is 29.5 Å². The van der Waals surface area contributed by atoms with Crippen LogP contribution in [0.25, 0.3) is 0 Å². The number of rotatable bonds is 5. The maximum atomic E-state index is 11.9. The highest BCUT2D eigenvalue weighted by molar-refractivity contribution is 8.14. The number of amides is 1. The van der Waals surface area contributed by atoms with E-state index in [-0.39, 0.29) is 12.0 Å². The van der Waals surface area contributed by atoms with Crippen molar-refractivity contribution >= 4 is 23.0 Å². The molecule has 0 spiro atoms. The van der Waals surface area contributed by atoms with Crippen LogP contribution in [-0.4, -0.2) is 94.4 Å². The number of aliphatic hydroxyl groups is 2. The monoisotopic (exact) mass is 361 g/mol. The van der Waals surface area contributed by atoms with Crippen molar-refractivity contribution < 1.29 is 24.5 Å². The summed E-state index contributed by atoms with van der Waals surface area (Å²) in [7, 11) is 1.91. The van der Waals surface area contributed by atoms with Gasteiger partial charge >= 0.3 is 6.09 Å². The van der Waals surface area contributed by atoms with Gasteiger partial charge in [0.15, 0.2) is 5.17 Å². The lowest BCUT2D eigenvalue weighted by Crippen LogP contribution is -2.56. The molecule has 1 saturated heterocycles. The number of hydrogen-bond donors (Lipinski definition) is 2. The smallest absolute Gasteiger partial charge is 0.409 e. The second-order valence-corrected chi connectivity index (χ2v) is 6.87. The molecule has 0 aliphatic carbocycles. The van der Waals surface area contributed by atoms with Crippen LogP contribution in [0.2, 0.25) is 0 Å². The van der Waals surface area contributed by atoms with Gasteiger partial charge in [0.05, 0.1) is 0 Å². The number of carbonyl (C=O) groups is 1. The Balaban J connectivity index is 1.95. The van der Waals surface area contributed by atoms with Crippen LogP contribution < -0.4 is 0 Å². The topological polar surface area (TPSA) is 94.8 Å². The molecular weight excluding hydrogens is 334 g/mol. The van der Waals surface area contributed by atoms with Crippen LogP contribution >= 0.6 is 11.8 Å². The largest absolute Gasteiger partial charge is 0.447 e. The Morgan fingerprint density at radius 2 is 1.92 bits per heavy atom. The molecule has 0 aromatic carbocycles. The fourth-order valence-electron chi connectivity index (χ4n) is 2.60. The molecule has 2 heterocycles. The standard InChI is InChI=1S/C15H27N3O5S/c1-5-17(4)14-16-10-12(20)11(19)9(23-13(10)24-14)8-22-15(21)18(6-2)7-3/h9-13,19-20H,5-8H2,1-4H3/t9-,10-,11-,12-,13-/m1/s1. The zero-order valence-corrected chi connectivity index (χ0v) is 15.4. The predicted molar refractivity (Wildman–Crippen MR) is 92.1 cm³/mol. The number of carbonyl (C=O) groups excluding carboxylic acids is 1. The molecule has 9 heteroatoms. The predicted octanol–water partition coefficient (Wildman–Crippen LogP) is 0.335. The van der Waals surface area contributed by atoms with Gasteiger partial charge in [-0.15, -0.1) is 0 Å². The fraction of sp³-hybridized carbons (Fsp3) is 0.867. The maximum Gasteiger partial charge on any atom is 0.409 e. The number of nitrogens with zero attached hydrogens (tertiary/aromatic N) is 3. The molecule has 0 aromatic heterocycles. The molecule has 24 heavy (non-hydrogen) atoms. The summed E-state index contributed by atoms with van der Waals surface area (Å²) < 4.78 is 11.1. The molecule has 2 aliphatic heterocycles. The highest BCUT2D eigenvalue weighted by atomic mass is 32.2. The number of aliphatic hydroxyl groups excluding tert-OH is 2. The number of amidine groups is 1. The Morgan fingerprint density at radius 1 is 1.25 bits per heavy atom. The Morgan fingerprint density at radius 3 is 2.50 bits per heavy atom. The van der Waals surface area contributed by atoms with Gasteiger partial charge in [0, 0.05) is 26.7 Å². The Labute approximate surface area is 146 Å². The van der Waals surface area contributed by atoms with Gasteiger partial charge in [-0.05, 0) is 20.8 Å². The van der Waals surface area contributed by atoms with E-state index < -0.39 is 30.4 Å². The molecule has 8 nitrogen and oxygen atoms in total. The minimum Gasteiger partial charge on any atom is -0.447 e. The molecule has 138 valence electrons. The normalized spacial score (nSPS) is 32.1. The molecule has 0 saturated carbocycles. The zero-order valence-electron chi connectivity index (χ0n) is 14.6. The van der Waals surface area contributed by atoms with Gasteiger partial charge in [-0.3, -0.25) is 4.99 Å². The first-order valence-corrected chi connectivity index (χ1v) is 9.19. The second kappa shape index (κ2) is 8.37. The van der Waals surface area contributed by atoms with Gasteiger partial charge in [0.1, 0.15) is 36.4 Å². The van der Waals surface area contributed by atoms with Gasteiger partial charge in [0.25, 0.3) is 0 Å². The van der Waals surface area contributed by atoms with Gasteiger partial charge in [-0.1, -0.05) is 11.8 Å². The van der Waals surface area contributed by atoms with E-state index in [1.54, 1.807) is 0 Å². The van der Waals surface area contributed by atoms with E-state index in [9.17, 15) is 15.0 Å². The van der Waals surface area contributed by atoms with Crippen LogP contribution in [0.3, 0.4) is 0 Å². The van der Waals surface area contributed by atoms with Crippen molar-refractivity contribution in [1.82, 2.24) is 9.80 Å². The first-order valence-electron chi connectivity index (χ1n) is 8.31. The van der Waals surface area contributed by atoms with Crippen LogP contribution in [0.5, 0.6) is 0 Å². The number of fused-ring (bicyclic) bond motifs is 1. The second-order valence-electron chi connectivity index (χ2n) is 5.81. The number of aliphatic imine (C=N–C) groups is 1.